The molecular formula is C41H42O10. The molecule has 0 amide bonds. The van der Waals surface area contributed by atoms with Crippen LogP contribution in [-0.4, -0.2) is 55.4 Å². The molecule has 51 heavy (non-hydrogen) atoms. The van der Waals surface area contributed by atoms with Crippen molar-refractivity contribution >= 4 is 21.7 Å². The highest BCUT2D eigenvalue weighted by Gasteiger charge is 2.28. The third kappa shape index (κ3) is 6.38. The zero-order chi connectivity index (χ0) is 36.2. The fourth-order valence-corrected chi connectivity index (χ4v) is 6.59. The van der Waals surface area contributed by atoms with Gasteiger partial charge in [-0.25, -0.2) is 0 Å². The highest BCUT2D eigenvalue weighted by molar-refractivity contribution is 6.19. The summed E-state index contributed by atoms with van der Waals surface area (Å²) in [5.41, 5.74) is 4.32. The number of methoxy groups -OCH3 is 5. The molecule has 0 atom stereocenters. The molecule has 0 saturated carbocycles. The van der Waals surface area contributed by atoms with E-state index in [1.165, 1.54) is 6.07 Å². The van der Waals surface area contributed by atoms with Crippen LogP contribution >= 0.6 is 0 Å². The number of benzene rings is 5. The van der Waals surface area contributed by atoms with Crippen LogP contribution in [0.25, 0.3) is 44.2 Å². The average molecular weight is 695 g/mol. The number of ether oxygens (including phenoxy) is 8. The molecule has 10 nitrogen and oxygen atoms in total. The Labute approximate surface area is 296 Å². The first-order chi connectivity index (χ1) is 24.8. The molecule has 10 heteroatoms. The second kappa shape index (κ2) is 15.0. The Balaban J connectivity index is 1.85. The van der Waals surface area contributed by atoms with E-state index < -0.39 is 0 Å². The normalized spacial score (nSPS) is 11.1. The third-order valence-electron chi connectivity index (χ3n) is 8.78. The second-order valence-electron chi connectivity index (χ2n) is 11.6. The van der Waals surface area contributed by atoms with E-state index in [9.17, 15) is 4.79 Å². The summed E-state index contributed by atoms with van der Waals surface area (Å²) < 4.78 is 53.8. The van der Waals surface area contributed by atoms with Gasteiger partial charge in [-0.2, -0.15) is 0 Å². The van der Waals surface area contributed by atoms with Crippen molar-refractivity contribution in [3.63, 3.8) is 0 Å². The van der Waals surface area contributed by atoms with E-state index >= 15 is 0 Å². The van der Waals surface area contributed by atoms with E-state index in [1.807, 2.05) is 69.3 Å². The second-order valence-corrected chi connectivity index (χ2v) is 11.6. The van der Waals surface area contributed by atoms with Crippen LogP contribution in [0.4, 0.5) is 0 Å². The van der Waals surface area contributed by atoms with Gasteiger partial charge in [0.2, 0.25) is 11.2 Å². The number of fused-ring (bicyclic) bond motifs is 4. The minimum absolute atomic E-state index is 0.244. The zero-order valence-corrected chi connectivity index (χ0v) is 30.2. The van der Waals surface area contributed by atoms with Crippen molar-refractivity contribution < 1.29 is 42.3 Å². The first-order valence-corrected chi connectivity index (χ1v) is 16.8. The molecule has 0 saturated heterocycles. The molecule has 0 unspecified atom stereocenters. The first kappa shape index (κ1) is 35.1. The fourth-order valence-electron chi connectivity index (χ4n) is 6.59. The molecule has 6 rings (SSSR count). The van der Waals surface area contributed by atoms with E-state index in [0.29, 0.717) is 83.4 Å². The largest absolute Gasteiger partial charge is 0.497 e. The highest BCUT2D eigenvalue weighted by Crippen LogP contribution is 2.52. The van der Waals surface area contributed by atoms with Crippen LogP contribution in [0.1, 0.15) is 31.9 Å². The van der Waals surface area contributed by atoms with Gasteiger partial charge in [0.05, 0.1) is 55.4 Å². The molecule has 1 aliphatic carbocycles. The molecule has 0 N–H and O–H groups in total. The number of rotatable bonds is 14. The molecular weight excluding hydrogens is 652 g/mol. The van der Waals surface area contributed by atoms with Crippen LogP contribution in [0.3, 0.4) is 0 Å². The van der Waals surface area contributed by atoms with Crippen molar-refractivity contribution in [1.82, 2.24) is 0 Å². The van der Waals surface area contributed by atoms with Crippen molar-refractivity contribution in [3.05, 3.63) is 82.0 Å². The highest BCUT2D eigenvalue weighted by atomic mass is 16.5. The van der Waals surface area contributed by atoms with Gasteiger partial charge in [-0.1, -0.05) is 12.1 Å². The van der Waals surface area contributed by atoms with Crippen LogP contribution in [-0.2, 0) is 6.42 Å². The lowest BCUT2D eigenvalue weighted by Gasteiger charge is -2.23. The van der Waals surface area contributed by atoms with Gasteiger partial charge in [0.1, 0.15) is 22.8 Å². The molecule has 1 heterocycles. The van der Waals surface area contributed by atoms with E-state index in [4.69, 9.17) is 42.3 Å². The third-order valence-corrected chi connectivity index (χ3v) is 8.78. The summed E-state index contributed by atoms with van der Waals surface area (Å²) in [4.78, 5) is 13.1. The molecule has 0 bridgehead atoms. The Hall–Kier alpha value is -5.77. The van der Waals surface area contributed by atoms with Crippen LogP contribution in [0.5, 0.6) is 46.0 Å². The Morgan fingerprint density at radius 3 is 1.94 bits per heavy atom. The predicted molar refractivity (Wildman–Crippen MR) is 198 cm³/mol. The Bertz CT molecular complexity index is 2240. The molecule has 266 valence electrons. The maximum absolute atomic E-state index is 13.1. The Kier molecular flexibility index (Phi) is 10.3. The minimum Gasteiger partial charge on any atom is -0.497 e. The summed E-state index contributed by atoms with van der Waals surface area (Å²) >= 11 is 0. The maximum Gasteiger partial charge on any atom is 0.224 e. The van der Waals surface area contributed by atoms with Crippen molar-refractivity contribution in [2.24, 2.45) is 0 Å². The summed E-state index contributed by atoms with van der Waals surface area (Å²) in [5.74, 6) is 4.57. The molecule has 4 aromatic carbocycles. The van der Waals surface area contributed by atoms with Gasteiger partial charge in [0.15, 0.2) is 28.7 Å². The lowest BCUT2D eigenvalue weighted by molar-refractivity contribution is 0.290. The van der Waals surface area contributed by atoms with Gasteiger partial charge in [0.25, 0.3) is 0 Å². The lowest BCUT2D eigenvalue weighted by Crippen LogP contribution is -2.08. The number of hydrogen-bond donors (Lipinski definition) is 0. The molecule has 4 aromatic rings. The summed E-state index contributed by atoms with van der Waals surface area (Å²) in [6, 6.07) is 18.7. The van der Waals surface area contributed by atoms with Crippen LogP contribution in [0.15, 0.2) is 69.9 Å². The standard InChI is InChI=1S/C41H42O10/c1-9-48-31-15-13-24(18-35(31)45-6)37-27-21-36(46-7)40(50-11-3)41(47-8)38(27)29-17-25-19-34(49-10-2)30(42)22-33(25)51-39(29)28(37)16-23-12-14-26(43-4)20-32(23)44-5/h12-15,17-22H,9-11,16H2,1-8H3. The van der Waals surface area contributed by atoms with Crippen molar-refractivity contribution in [2.45, 2.75) is 27.2 Å². The van der Waals surface area contributed by atoms with Gasteiger partial charge in [0, 0.05) is 40.5 Å². The maximum atomic E-state index is 13.1. The van der Waals surface area contributed by atoms with Crippen molar-refractivity contribution in [2.75, 3.05) is 55.4 Å². The SMILES string of the molecule is CCOc1ccc(-c2c(Cc3ccc(OC)cc3OC)c3oc4cc(=O)c(OCC)cc-4cc3c3c(OC)c(OCC)c(OC)cc23)cc1OC. The van der Waals surface area contributed by atoms with E-state index in [-0.39, 0.29) is 11.2 Å². The lowest BCUT2D eigenvalue weighted by atomic mass is 9.86. The van der Waals surface area contributed by atoms with Crippen LogP contribution < -0.4 is 43.3 Å². The van der Waals surface area contributed by atoms with Crippen molar-refractivity contribution in [1.29, 1.82) is 0 Å². The summed E-state index contributed by atoms with van der Waals surface area (Å²) in [7, 11) is 8.07. The topological polar surface area (TPSA) is 104 Å². The fraction of sp³-hybridized carbons (Fsp3) is 0.293. The summed E-state index contributed by atoms with van der Waals surface area (Å²) in [5, 5.41) is 2.29. The Morgan fingerprint density at radius 1 is 0.569 bits per heavy atom. The van der Waals surface area contributed by atoms with Crippen molar-refractivity contribution in [3.8, 4) is 68.4 Å². The molecule has 1 aliphatic heterocycles. The summed E-state index contributed by atoms with van der Waals surface area (Å²) in [6.45, 7) is 6.88. The van der Waals surface area contributed by atoms with Gasteiger partial charge < -0.3 is 42.3 Å². The van der Waals surface area contributed by atoms with Crippen LogP contribution in [0, 0.1) is 0 Å². The van der Waals surface area contributed by atoms with Gasteiger partial charge in [-0.05, 0) is 79.2 Å². The molecule has 0 fully saturated rings. The van der Waals surface area contributed by atoms with E-state index in [0.717, 1.165) is 38.4 Å². The molecule has 0 radical (unpaired) electrons. The summed E-state index contributed by atoms with van der Waals surface area (Å²) in [6.07, 6.45) is 0.374. The molecule has 0 spiro atoms. The molecule has 2 aliphatic rings. The monoisotopic (exact) mass is 694 g/mol. The van der Waals surface area contributed by atoms with Gasteiger partial charge >= 0.3 is 0 Å². The predicted octanol–water partition coefficient (Wildman–Crippen LogP) is 8.55. The quantitative estimate of drug-likeness (QED) is 0.0814. The minimum atomic E-state index is -0.274. The smallest absolute Gasteiger partial charge is 0.224 e. The number of hydrogen-bond acceptors (Lipinski definition) is 10. The first-order valence-electron chi connectivity index (χ1n) is 16.8. The zero-order valence-electron chi connectivity index (χ0n) is 30.2. The van der Waals surface area contributed by atoms with Gasteiger partial charge in [-0.3, -0.25) is 4.79 Å². The van der Waals surface area contributed by atoms with E-state index in [1.54, 1.807) is 41.6 Å². The van der Waals surface area contributed by atoms with Gasteiger partial charge in [-0.15, -0.1) is 0 Å². The molecule has 0 aromatic heterocycles. The van der Waals surface area contributed by atoms with Crippen LogP contribution in [0.2, 0.25) is 0 Å². The average Bonchev–Trinajstić information content (AvgIpc) is 3.15. The Morgan fingerprint density at radius 2 is 1.27 bits per heavy atom. The van der Waals surface area contributed by atoms with E-state index in [2.05, 4.69) is 0 Å².